The van der Waals surface area contributed by atoms with Crippen LogP contribution >= 0.6 is 0 Å². The van der Waals surface area contributed by atoms with E-state index >= 15 is 0 Å². The Labute approximate surface area is 311 Å². The van der Waals surface area contributed by atoms with Gasteiger partial charge in [0.25, 0.3) is 5.91 Å². The third kappa shape index (κ3) is 9.59. The number of Topliss-reactive ketones (excluding diaryl/α,β-unsaturated/α-hetero) is 1. The highest BCUT2D eigenvalue weighted by Crippen LogP contribution is 2.65. The number of hydrogen-bond acceptors (Lipinski definition) is 7. The molecule has 2 aliphatic rings. The van der Waals surface area contributed by atoms with Gasteiger partial charge in [0, 0.05) is 26.3 Å². The van der Waals surface area contributed by atoms with Crippen LogP contribution in [0.3, 0.4) is 0 Å². The third-order valence-electron chi connectivity index (χ3n) is 10.1. The number of nitrogens with one attached hydrogen (secondary N) is 5. The van der Waals surface area contributed by atoms with Gasteiger partial charge in [-0.1, -0.05) is 96.5 Å². The number of benzene rings is 2. The van der Waals surface area contributed by atoms with Gasteiger partial charge in [-0.25, -0.2) is 4.79 Å². The third-order valence-corrected chi connectivity index (χ3v) is 10.1. The van der Waals surface area contributed by atoms with Gasteiger partial charge in [-0.05, 0) is 46.8 Å². The summed E-state index contributed by atoms with van der Waals surface area (Å²) < 4.78 is 0. The second-order valence-electron chi connectivity index (χ2n) is 15.7. The highest BCUT2D eigenvalue weighted by atomic mass is 16.2. The van der Waals surface area contributed by atoms with Gasteiger partial charge in [-0.2, -0.15) is 0 Å². The van der Waals surface area contributed by atoms with Crippen LogP contribution in [0.25, 0.3) is 0 Å². The molecule has 286 valence electrons. The molecule has 14 nitrogen and oxygen atoms in total. The van der Waals surface area contributed by atoms with E-state index in [1.54, 1.807) is 75.6 Å². The first kappa shape index (κ1) is 40.5. The Morgan fingerprint density at radius 3 is 2.06 bits per heavy atom. The maximum atomic E-state index is 14.2. The summed E-state index contributed by atoms with van der Waals surface area (Å²) in [4.78, 5) is 96.3. The molecule has 1 heterocycles. The van der Waals surface area contributed by atoms with Crippen LogP contribution in [0.5, 0.6) is 0 Å². The number of para-hydroxylation sites is 1. The van der Waals surface area contributed by atoms with Crippen LogP contribution in [0, 0.1) is 22.7 Å². The molecule has 0 radical (unpaired) electrons. The van der Waals surface area contributed by atoms with E-state index in [9.17, 15) is 33.6 Å². The maximum absolute atomic E-state index is 14.2. The number of anilines is 1. The fourth-order valence-corrected chi connectivity index (χ4v) is 7.07. The quantitative estimate of drug-likeness (QED) is 0.185. The lowest BCUT2D eigenvalue weighted by Gasteiger charge is -2.37. The summed E-state index contributed by atoms with van der Waals surface area (Å²) in [6.45, 7) is 11.0. The predicted molar refractivity (Wildman–Crippen MR) is 199 cm³/mol. The molecule has 0 bridgehead atoms. The molecular formula is C39H53N7O7. The van der Waals surface area contributed by atoms with Crippen LogP contribution in [0.15, 0.2) is 60.7 Å². The summed E-state index contributed by atoms with van der Waals surface area (Å²) in [5.74, 6) is -4.22. The van der Waals surface area contributed by atoms with Crippen LogP contribution in [-0.4, -0.2) is 96.5 Å². The van der Waals surface area contributed by atoms with Gasteiger partial charge < -0.3 is 36.4 Å². The van der Waals surface area contributed by atoms with Crippen molar-refractivity contribution in [2.75, 3.05) is 32.5 Å². The van der Waals surface area contributed by atoms with Crippen LogP contribution in [-0.2, 0) is 28.8 Å². The summed E-state index contributed by atoms with van der Waals surface area (Å²) in [7, 11) is 3.12. The summed E-state index contributed by atoms with van der Waals surface area (Å²) in [6, 6.07) is 12.7. The Kier molecular flexibility index (Phi) is 12.7. The number of fused-ring (bicyclic) bond motifs is 1. The van der Waals surface area contributed by atoms with E-state index in [1.165, 1.54) is 9.80 Å². The van der Waals surface area contributed by atoms with Crippen molar-refractivity contribution in [1.29, 1.82) is 0 Å². The van der Waals surface area contributed by atoms with Crippen LogP contribution in [0.4, 0.5) is 10.5 Å². The Bertz CT molecular complexity index is 1690. The second kappa shape index (κ2) is 16.6. The van der Waals surface area contributed by atoms with E-state index in [4.69, 9.17) is 0 Å². The Morgan fingerprint density at radius 2 is 1.49 bits per heavy atom. The van der Waals surface area contributed by atoms with Gasteiger partial charge in [0.1, 0.15) is 18.1 Å². The van der Waals surface area contributed by atoms with E-state index in [2.05, 4.69) is 26.6 Å². The van der Waals surface area contributed by atoms with Gasteiger partial charge >= 0.3 is 6.03 Å². The van der Waals surface area contributed by atoms with E-state index < -0.39 is 71.6 Å². The van der Waals surface area contributed by atoms with Crippen molar-refractivity contribution in [2.24, 2.45) is 22.7 Å². The molecule has 1 aliphatic heterocycles. The molecule has 2 aromatic carbocycles. The lowest BCUT2D eigenvalue weighted by Crippen LogP contribution is -2.61. The van der Waals surface area contributed by atoms with E-state index in [1.807, 2.05) is 40.7 Å². The molecule has 2 fully saturated rings. The Hall–Kier alpha value is -5.27. The van der Waals surface area contributed by atoms with Gasteiger partial charge in [0.2, 0.25) is 29.4 Å². The second-order valence-corrected chi connectivity index (χ2v) is 15.7. The lowest BCUT2D eigenvalue weighted by molar-refractivity contribution is -0.145. The number of piperidine rings is 1. The Balaban J connectivity index is 1.44. The Morgan fingerprint density at radius 1 is 0.887 bits per heavy atom. The number of likely N-dealkylation sites (tertiary alicyclic amines) is 1. The number of hydrogen-bond donors (Lipinski definition) is 5. The smallest absolute Gasteiger partial charge is 0.319 e. The fourth-order valence-electron chi connectivity index (χ4n) is 7.07. The highest BCUT2D eigenvalue weighted by molar-refractivity contribution is 6.38. The van der Waals surface area contributed by atoms with E-state index in [0.29, 0.717) is 24.2 Å². The number of likely N-dealkylation sites (N-methyl/N-ethyl adjacent to an activating group) is 1. The standard InChI is InChI=1S/C39H53N7O7/c1-9-16-26(31(48)34(50)40-21-27(47)43-29(35(51)45(7)8)23-17-12-10-13-18-23)42-33(49)30-28-25(39(28,5)6)22-46(30)36(52)32(38(2,3)4)44-37(53)41-24-19-14-11-15-20-24/h10-15,17-20,25-26,28-30,32H,9,16,21-22H2,1-8H3,(H,40,50)(H,42,49)(H,43,47)(H2,41,44,53)/t25-,26-,28-,29-,30-,32+/m0/s1. The molecule has 0 spiro atoms. The molecule has 1 aliphatic carbocycles. The number of rotatable bonds is 14. The van der Waals surface area contributed by atoms with Gasteiger partial charge in [-0.15, -0.1) is 0 Å². The van der Waals surface area contributed by atoms with E-state index in [0.717, 1.165) is 0 Å². The van der Waals surface area contributed by atoms with E-state index in [-0.39, 0.29) is 29.6 Å². The van der Waals surface area contributed by atoms with Gasteiger partial charge in [-0.3, -0.25) is 28.8 Å². The summed E-state index contributed by atoms with van der Waals surface area (Å²) in [6.07, 6.45) is 0.592. The number of carbonyl (C=O) groups excluding carboxylic acids is 7. The zero-order valence-corrected chi connectivity index (χ0v) is 31.8. The van der Waals surface area contributed by atoms with Crippen LogP contribution < -0.4 is 26.6 Å². The van der Waals surface area contributed by atoms with Crippen LogP contribution in [0.1, 0.15) is 66.0 Å². The molecule has 1 saturated heterocycles. The first-order valence-electron chi connectivity index (χ1n) is 18.0. The number of amides is 7. The first-order chi connectivity index (χ1) is 24.9. The molecule has 1 saturated carbocycles. The molecule has 0 unspecified atom stereocenters. The van der Waals surface area contributed by atoms with Crippen molar-refractivity contribution in [2.45, 2.75) is 78.6 Å². The van der Waals surface area contributed by atoms with Crippen molar-refractivity contribution in [3.05, 3.63) is 66.2 Å². The zero-order valence-electron chi connectivity index (χ0n) is 31.8. The minimum absolute atomic E-state index is 0.0298. The average Bonchev–Trinajstić information content (AvgIpc) is 3.41. The maximum Gasteiger partial charge on any atom is 0.319 e. The topological polar surface area (TPSA) is 186 Å². The SMILES string of the molecule is CCC[C@H](NC(=O)[C@@H]1[C@@H]2[C@H](CN1C(=O)[C@@H](NC(=O)Nc1ccccc1)C(C)(C)C)C2(C)C)C(=O)C(=O)NCC(=O)N[C@H](C(=O)N(C)C)c1ccccc1. The van der Waals surface area contributed by atoms with Crippen molar-refractivity contribution in [3.63, 3.8) is 0 Å². The number of ketones is 1. The van der Waals surface area contributed by atoms with Gasteiger partial charge in [0.15, 0.2) is 0 Å². The zero-order chi connectivity index (χ0) is 39.2. The average molecular weight is 732 g/mol. The monoisotopic (exact) mass is 731 g/mol. The van der Waals surface area contributed by atoms with Crippen molar-refractivity contribution in [3.8, 4) is 0 Å². The molecule has 5 N–H and O–H groups in total. The molecule has 14 heteroatoms. The van der Waals surface area contributed by atoms with Crippen molar-refractivity contribution < 1.29 is 33.6 Å². The first-order valence-corrected chi connectivity index (χ1v) is 18.0. The number of urea groups is 1. The highest BCUT2D eigenvalue weighted by Gasteiger charge is 2.70. The minimum Gasteiger partial charge on any atom is -0.347 e. The molecular weight excluding hydrogens is 678 g/mol. The summed E-state index contributed by atoms with van der Waals surface area (Å²) in [5.41, 5.74) is 0.140. The largest absolute Gasteiger partial charge is 0.347 e. The molecule has 2 aromatic rings. The molecule has 7 amide bonds. The number of carbonyl (C=O) groups is 7. The molecule has 53 heavy (non-hydrogen) atoms. The van der Waals surface area contributed by atoms with Gasteiger partial charge in [0.05, 0.1) is 12.6 Å². The fraction of sp³-hybridized carbons (Fsp3) is 0.513. The number of nitrogens with zero attached hydrogens (tertiary/aromatic N) is 2. The normalized spacial score (nSPS) is 20.1. The van der Waals surface area contributed by atoms with Crippen LogP contribution in [0.2, 0.25) is 0 Å². The minimum atomic E-state index is -1.21. The molecule has 0 aromatic heterocycles. The lowest BCUT2D eigenvalue weighted by atomic mass is 9.85. The van der Waals surface area contributed by atoms with Crippen molar-refractivity contribution in [1.82, 2.24) is 31.1 Å². The molecule has 6 atom stereocenters. The summed E-state index contributed by atoms with van der Waals surface area (Å²) in [5, 5.41) is 13.2. The van der Waals surface area contributed by atoms with Crippen molar-refractivity contribution >= 4 is 47.0 Å². The summed E-state index contributed by atoms with van der Waals surface area (Å²) >= 11 is 0. The predicted octanol–water partition coefficient (Wildman–Crippen LogP) is 2.62. The molecule has 4 rings (SSSR count).